The van der Waals surface area contributed by atoms with Gasteiger partial charge in [0.1, 0.15) is 28.4 Å². The number of hydrogen-bond acceptors (Lipinski definition) is 2. The first-order chi connectivity index (χ1) is 22.6. The lowest BCUT2D eigenvalue weighted by Crippen LogP contribution is -2.76. The maximum absolute atomic E-state index is 6.75. The molecule has 46 heavy (non-hydrogen) atoms. The predicted molar refractivity (Wildman–Crippen MR) is 179 cm³/mol. The number of rotatable bonds is 3. The molecule has 1 spiro atoms. The van der Waals surface area contributed by atoms with Crippen molar-refractivity contribution in [3.05, 3.63) is 168 Å². The predicted octanol–water partition coefficient (Wildman–Crippen LogP) is 8.50. The van der Waals surface area contributed by atoms with Crippen LogP contribution in [0.25, 0.3) is 27.9 Å². The Kier molecular flexibility index (Phi) is 5.00. The first kappa shape index (κ1) is 25.4. The van der Waals surface area contributed by atoms with E-state index < -0.39 is 5.66 Å². The number of hydrogen-bond donors (Lipinski definition) is 0. The highest BCUT2D eigenvalue weighted by molar-refractivity contribution is 5.82. The summed E-state index contributed by atoms with van der Waals surface area (Å²) >= 11 is 0. The summed E-state index contributed by atoms with van der Waals surface area (Å²) in [5.41, 5.74) is 12.4. The lowest BCUT2D eigenvalue weighted by atomic mass is 9.83. The SMILES string of the molecule is Cc1cc(-c2ccccc2)cc(C)c1-c1cn2[n+](c1)C13c4c(cccc4N(c4ccccc4)c4cccc[n+]41)Oc1cccc-2c13. The summed E-state index contributed by atoms with van der Waals surface area (Å²) in [6.45, 7) is 4.47. The van der Waals surface area contributed by atoms with Crippen LogP contribution in [-0.4, -0.2) is 4.68 Å². The quantitative estimate of drug-likeness (QED) is 0.192. The average Bonchev–Trinajstić information content (AvgIpc) is 3.64. The van der Waals surface area contributed by atoms with E-state index in [1.165, 1.54) is 33.4 Å². The van der Waals surface area contributed by atoms with Crippen molar-refractivity contribution < 1.29 is 14.0 Å². The third-order valence-corrected chi connectivity index (χ3v) is 9.86. The molecular weight excluding hydrogens is 564 g/mol. The Morgan fingerprint density at radius 3 is 2.00 bits per heavy atom. The third kappa shape index (κ3) is 3.14. The van der Waals surface area contributed by atoms with Crippen LogP contribution in [0.1, 0.15) is 22.3 Å². The van der Waals surface area contributed by atoms with Crippen LogP contribution in [0.3, 0.4) is 0 Å². The van der Waals surface area contributed by atoms with Gasteiger partial charge < -0.3 is 4.74 Å². The van der Waals surface area contributed by atoms with Crippen molar-refractivity contribution in [2.45, 2.75) is 19.5 Å². The van der Waals surface area contributed by atoms with E-state index in [0.29, 0.717) is 0 Å². The van der Waals surface area contributed by atoms with Crippen molar-refractivity contribution in [2.75, 3.05) is 4.90 Å². The number of aryl methyl sites for hydroxylation is 2. The van der Waals surface area contributed by atoms with Crippen molar-refractivity contribution >= 4 is 17.2 Å². The van der Waals surface area contributed by atoms with Gasteiger partial charge in [0.05, 0.1) is 18.0 Å². The minimum absolute atomic E-state index is 0.692. The molecule has 0 amide bonds. The molecule has 0 saturated heterocycles. The summed E-state index contributed by atoms with van der Waals surface area (Å²) in [6, 6.07) is 45.2. The summed E-state index contributed by atoms with van der Waals surface area (Å²) in [5.74, 6) is 2.84. The lowest BCUT2D eigenvalue weighted by molar-refractivity contribution is -0.991. The second-order valence-electron chi connectivity index (χ2n) is 12.4. The van der Waals surface area contributed by atoms with E-state index in [2.05, 4.69) is 179 Å². The first-order valence-electron chi connectivity index (χ1n) is 15.8. The molecule has 5 aromatic carbocycles. The Hall–Kier alpha value is -5.94. The van der Waals surface area contributed by atoms with E-state index >= 15 is 0 Å². The molecule has 0 fully saturated rings. The molecule has 1 atom stereocenters. The molecule has 0 aliphatic carbocycles. The molecule has 5 heteroatoms. The summed E-state index contributed by atoms with van der Waals surface area (Å²) in [5, 5.41) is 0. The van der Waals surface area contributed by atoms with E-state index in [1.54, 1.807) is 0 Å². The Morgan fingerprint density at radius 1 is 0.609 bits per heavy atom. The number of ether oxygens (including phenoxy) is 1. The number of para-hydroxylation sites is 1. The van der Waals surface area contributed by atoms with Crippen LogP contribution in [0.15, 0.2) is 146 Å². The molecule has 0 saturated carbocycles. The lowest BCUT2D eigenvalue weighted by Gasteiger charge is -2.36. The van der Waals surface area contributed by atoms with Crippen molar-refractivity contribution in [1.82, 2.24) is 4.68 Å². The second kappa shape index (κ2) is 9.05. The van der Waals surface area contributed by atoms with Gasteiger partial charge in [0.15, 0.2) is 11.3 Å². The molecule has 3 aliphatic heterocycles. The Labute approximate surface area is 267 Å². The fraction of sp³-hybridized carbons (Fsp3) is 0.0732. The zero-order chi connectivity index (χ0) is 30.6. The number of pyridine rings is 1. The van der Waals surface area contributed by atoms with Crippen LogP contribution in [0, 0.1) is 13.8 Å². The van der Waals surface area contributed by atoms with Gasteiger partial charge in [-0.2, -0.15) is 9.47 Å². The Balaban J connectivity index is 1.27. The number of fused-ring (bicyclic) bond motifs is 3. The van der Waals surface area contributed by atoms with Gasteiger partial charge in [-0.1, -0.05) is 83.5 Å². The fourth-order valence-electron chi connectivity index (χ4n) is 8.17. The summed E-state index contributed by atoms with van der Waals surface area (Å²) in [7, 11) is 0. The normalized spacial score (nSPS) is 16.3. The molecule has 10 rings (SSSR count). The van der Waals surface area contributed by atoms with E-state index in [1.807, 2.05) is 0 Å². The molecule has 7 aromatic rings. The van der Waals surface area contributed by atoms with Gasteiger partial charge in [0.2, 0.25) is 6.20 Å². The van der Waals surface area contributed by atoms with Crippen LogP contribution in [0.2, 0.25) is 0 Å². The number of benzene rings is 5. The maximum Gasteiger partial charge on any atom is 0.397 e. The second-order valence-corrected chi connectivity index (χ2v) is 12.4. The van der Waals surface area contributed by atoms with Gasteiger partial charge in [0.25, 0.3) is 5.82 Å². The van der Waals surface area contributed by atoms with Crippen LogP contribution in [0.4, 0.5) is 17.2 Å². The summed E-state index contributed by atoms with van der Waals surface area (Å²) in [4.78, 5) is 2.35. The van der Waals surface area contributed by atoms with Gasteiger partial charge in [0, 0.05) is 6.07 Å². The minimum atomic E-state index is -0.692. The van der Waals surface area contributed by atoms with E-state index in [-0.39, 0.29) is 0 Å². The van der Waals surface area contributed by atoms with Gasteiger partial charge in [-0.05, 0) is 84.1 Å². The van der Waals surface area contributed by atoms with E-state index in [4.69, 9.17) is 4.74 Å². The van der Waals surface area contributed by atoms with Crippen LogP contribution >= 0.6 is 0 Å². The summed E-state index contributed by atoms with van der Waals surface area (Å²) in [6.07, 6.45) is 6.86. The number of nitrogens with zero attached hydrogens (tertiary/aromatic N) is 4. The zero-order valence-corrected chi connectivity index (χ0v) is 25.6. The maximum atomic E-state index is 6.75. The van der Waals surface area contributed by atoms with Crippen LogP contribution in [0.5, 0.6) is 11.5 Å². The molecule has 5 nitrogen and oxygen atoms in total. The molecule has 1 unspecified atom stereocenters. The van der Waals surface area contributed by atoms with E-state index in [9.17, 15) is 0 Å². The monoisotopic (exact) mass is 594 g/mol. The van der Waals surface area contributed by atoms with Crippen molar-refractivity contribution in [1.29, 1.82) is 0 Å². The van der Waals surface area contributed by atoms with Crippen LogP contribution in [-0.2, 0) is 5.66 Å². The molecule has 5 heterocycles. The molecular formula is C41H30N4O+2. The van der Waals surface area contributed by atoms with Gasteiger partial charge in [-0.25, -0.2) is 0 Å². The minimum Gasteiger partial charge on any atom is -0.456 e. The summed E-state index contributed by atoms with van der Waals surface area (Å²) < 4.78 is 13.9. The highest BCUT2D eigenvalue weighted by Gasteiger charge is 2.69. The third-order valence-electron chi connectivity index (χ3n) is 9.86. The molecule has 0 radical (unpaired) electrons. The molecule has 0 N–H and O–H groups in total. The van der Waals surface area contributed by atoms with Gasteiger partial charge >= 0.3 is 5.66 Å². The molecule has 3 aliphatic rings. The van der Waals surface area contributed by atoms with Crippen LogP contribution < -0.4 is 18.9 Å². The van der Waals surface area contributed by atoms with E-state index in [0.717, 1.165) is 45.5 Å². The van der Waals surface area contributed by atoms with Crippen molar-refractivity contribution in [3.8, 4) is 39.4 Å². The van der Waals surface area contributed by atoms with Crippen molar-refractivity contribution in [2.24, 2.45) is 0 Å². The Morgan fingerprint density at radius 2 is 1.26 bits per heavy atom. The average molecular weight is 595 g/mol. The molecule has 0 bridgehead atoms. The number of anilines is 3. The van der Waals surface area contributed by atoms with Gasteiger partial charge in [-0.3, -0.25) is 0 Å². The van der Waals surface area contributed by atoms with Gasteiger partial charge in [-0.15, -0.1) is 4.68 Å². The smallest absolute Gasteiger partial charge is 0.397 e. The zero-order valence-electron chi connectivity index (χ0n) is 25.6. The molecule has 2 aromatic heterocycles. The van der Waals surface area contributed by atoms with Crippen molar-refractivity contribution in [3.63, 3.8) is 0 Å². The molecule has 218 valence electrons. The Bertz CT molecular complexity index is 2350. The fourth-order valence-corrected chi connectivity index (χ4v) is 8.17. The largest absolute Gasteiger partial charge is 0.456 e. The highest BCUT2D eigenvalue weighted by Crippen LogP contribution is 2.57. The highest BCUT2D eigenvalue weighted by atomic mass is 16.5. The first-order valence-corrected chi connectivity index (χ1v) is 15.8. The number of aromatic nitrogens is 3. The standard InChI is InChI=1S/C41H30N4O/c1-27-23-30(29-13-5-3-6-14-29)24-28(2)38(27)31-25-43-33-17-11-19-35-39(33)41(44(43)26-31)40-34(18-12-20-36(40)46-35)45(32-15-7-4-8-16-32)37-21-9-10-22-42(37)41/h3-26H,1-2H3/q+2. The topological polar surface area (TPSA) is 25.2 Å².